The molecule has 94 valence electrons. The van der Waals surface area contributed by atoms with E-state index in [-0.39, 0.29) is 5.84 Å². The molecule has 6 heteroatoms. The molecule has 5 nitrogen and oxygen atoms in total. The number of hydrogen-bond acceptors (Lipinski definition) is 4. The first-order valence-corrected chi connectivity index (χ1v) is 6.29. The molecule has 3 N–H and O–H groups in total. The van der Waals surface area contributed by atoms with Crippen LogP contribution in [-0.2, 0) is 7.05 Å². The second kappa shape index (κ2) is 4.81. The number of rotatable bonds is 3. The minimum absolute atomic E-state index is 0.0695. The van der Waals surface area contributed by atoms with Gasteiger partial charge in [0.2, 0.25) is 0 Å². The summed E-state index contributed by atoms with van der Waals surface area (Å²) in [5.41, 5.74) is 7.43. The fourth-order valence-electron chi connectivity index (χ4n) is 1.52. The van der Waals surface area contributed by atoms with Gasteiger partial charge in [0.05, 0.1) is 0 Å². The number of nitrogens with one attached hydrogen (secondary N) is 1. The SMILES string of the molecule is Cc1ccc(Sc2nnc(C)n2C)c(C(=N)N)c1. The van der Waals surface area contributed by atoms with Gasteiger partial charge in [-0.05, 0) is 37.7 Å². The van der Waals surface area contributed by atoms with Crippen LogP contribution in [0.4, 0.5) is 0 Å². The van der Waals surface area contributed by atoms with Crippen molar-refractivity contribution in [2.75, 3.05) is 0 Å². The van der Waals surface area contributed by atoms with Crippen LogP contribution >= 0.6 is 11.8 Å². The number of hydrogen-bond donors (Lipinski definition) is 2. The van der Waals surface area contributed by atoms with Gasteiger partial charge >= 0.3 is 0 Å². The van der Waals surface area contributed by atoms with Crippen LogP contribution in [0.2, 0.25) is 0 Å². The minimum atomic E-state index is 0.0695. The lowest BCUT2D eigenvalue weighted by atomic mass is 10.1. The van der Waals surface area contributed by atoms with Crippen LogP contribution in [0.5, 0.6) is 0 Å². The summed E-state index contributed by atoms with van der Waals surface area (Å²) in [6, 6.07) is 5.87. The van der Waals surface area contributed by atoms with E-state index in [9.17, 15) is 0 Å². The molecule has 0 saturated heterocycles. The molecule has 0 saturated carbocycles. The highest BCUT2D eigenvalue weighted by Gasteiger charge is 2.12. The largest absolute Gasteiger partial charge is 0.384 e. The summed E-state index contributed by atoms with van der Waals surface area (Å²) >= 11 is 1.47. The van der Waals surface area contributed by atoms with Crippen molar-refractivity contribution in [2.24, 2.45) is 12.8 Å². The van der Waals surface area contributed by atoms with Crippen molar-refractivity contribution in [2.45, 2.75) is 23.9 Å². The van der Waals surface area contributed by atoms with Gasteiger partial charge in [-0.2, -0.15) is 0 Å². The molecule has 0 fully saturated rings. The number of aryl methyl sites for hydroxylation is 2. The number of amidine groups is 1. The van der Waals surface area contributed by atoms with Crippen LogP contribution < -0.4 is 5.73 Å². The van der Waals surface area contributed by atoms with Crippen molar-refractivity contribution in [3.8, 4) is 0 Å². The van der Waals surface area contributed by atoms with Crippen molar-refractivity contribution < 1.29 is 0 Å². The molecular weight excluding hydrogens is 246 g/mol. The first-order valence-electron chi connectivity index (χ1n) is 5.48. The summed E-state index contributed by atoms with van der Waals surface area (Å²) in [6.07, 6.45) is 0. The van der Waals surface area contributed by atoms with E-state index in [1.807, 2.05) is 43.7 Å². The second-order valence-corrected chi connectivity index (χ2v) is 5.11. The minimum Gasteiger partial charge on any atom is -0.384 e. The van der Waals surface area contributed by atoms with E-state index in [0.717, 1.165) is 27.0 Å². The number of nitrogens with zero attached hydrogens (tertiary/aromatic N) is 3. The first-order chi connectivity index (χ1) is 8.49. The Morgan fingerprint density at radius 1 is 1.33 bits per heavy atom. The Morgan fingerprint density at radius 3 is 2.61 bits per heavy atom. The van der Waals surface area contributed by atoms with Crippen LogP contribution in [0.15, 0.2) is 28.3 Å². The molecule has 0 aliphatic heterocycles. The fourth-order valence-corrected chi connectivity index (χ4v) is 2.48. The number of aromatic nitrogens is 3. The summed E-state index contributed by atoms with van der Waals surface area (Å²) in [4.78, 5) is 0.920. The summed E-state index contributed by atoms with van der Waals surface area (Å²) in [5.74, 6) is 0.925. The van der Waals surface area contributed by atoms with Gasteiger partial charge < -0.3 is 10.3 Å². The Kier molecular flexibility index (Phi) is 3.38. The van der Waals surface area contributed by atoms with Crippen molar-refractivity contribution in [1.29, 1.82) is 5.41 Å². The van der Waals surface area contributed by atoms with E-state index in [2.05, 4.69) is 10.2 Å². The van der Waals surface area contributed by atoms with E-state index in [1.54, 1.807) is 0 Å². The normalized spacial score (nSPS) is 10.6. The molecule has 1 aromatic heterocycles. The Bertz CT molecular complexity index is 603. The number of nitrogens with two attached hydrogens (primary N) is 1. The van der Waals surface area contributed by atoms with Crippen LogP contribution in [0.3, 0.4) is 0 Å². The van der Waals surface area contributed by atoms with Gasteiger partial charge in [-0.15, -0.1) is 10.2 Å². The highest BCUT2D eigenvalue weighted by molar-refractivity contribution is 7.99. The average molecular weight is 261 g/mol. The third-order valence-corrected chi connectivity index (χ3v) is 3.79. The van der Waals surface area contributed by atoms with E-state index in [1.165, 1.54) is 11.8 Å². The monoisotopic (exact) mass is 261 g/mol. The fraction of sp³-hybridized carbons (Fsp3) is 0.250. The molecule has 0 atom stereocenters. The third kappa shape index (κ3) is 2.38. The third-order valence-electron chi connectivity index (χ3n) is 2.68. The molecule has 18 heavy (non-hydrogen) atoms. The quantitative estimate of drug-likeness (QED) is 0.653. The summed E-state index contributed by atoms with van der Waals surface area (Å²) in [5, 5.41) is 16.5. The van der Waals surface area contributed by atoms with Crippen molar-refractivity contribution in [1.82, 2.24) is 14.8 Å². The molecule has 0 aliphatic carbocycles. The molecular formula is C12H15N5S. The van der Waals surface area contributed by atoms with Gasteiger partial charge in [0, 0.05) is 17.5 Å². The zero-order valence-corrected chi connectivity index (χ0v) is 11.4. The van der Waals surface area contributed by atoms with Gasteiger partial charge in [-0.1, -0.05) is 11.6 Å². The molecule has 2 aromatic rings. The number of benzene rings is 1. The molecule has 0 amide bonds. The predicted molar refractivity (Wildman–Crippen MR) is 72.1 cm³/mol. The van der Waals surface area contributed by atoms with E-state index in [4.69, 9.17) is 11.1 Å². The highest BCUT2D eigenvalue weighted by atomic mass is 32.2. The Morgan fingerprint density at radius 2 is 2.06 bits per heavy atom. The highest BCUT2D eigenvalue weighted by Crippen LogP contribution is 2.29. The summed E-state index contributed by atoms with van der Waals surface area (Å²) in [7, 11) is 1.92. The lowest BCUT2D eigenvalue weighted by Crippen LogP contribution is -2.12. The molecule has 0 spiro atoms. The van der Waals surface area contributed by atoms with Crippen molar-refractivity contribution in [3.63, 3.8) is 0 Å². The van der Waals surface area contributed by atoms with Crippen molar-refractivity contribution in [3.05, 3.63) is 35.2 Å². The molecule has 0 radical (unpaired) electrons. The lowest BCUT2D eigenvalue weighted by Gasteiger charge is -2.08. The van der Waals surface area contributed by atoms with Gasteiger partial charge in [0.25, 0.3) is 0 Å². The standard InChI is InChI=1S/C12H15N5S/c1-7-4-5-10(9(6-7)11(13)14)18-12-16-15-8(2)17(12)3/h4-6H,1-3H3,(H3,13,14). The molecule has 0 unspecified atom stereocenters. The van der Waals surface area contributed by atoms with E-state index in [0.29, 0.717) is 0 Å². The maximum Gasteiger partial charge on any atom is 0.195 e. The van der Waals surface area contributed by atoms with Crippen LogP contribution in [0, 0.1) is 19.3 Å². The Balaban J connectivity index is 2.40. The maximum absolute atomic E-state index is 7.62. The van der Waals surface area contributed by atoms with Gasteiger partial charge in [-0.3, -0.25) is 5.41 Å². The lowest BCUT2D eigenvalue weighted by molar-refractivity contribution is 0.765. The molecule has 1 heterocycles. The smallest absolute Gasteiger partial charge is 0.195 e. The molecule has 0 bridgehead atoms. The van der Waals surface area contributed by atoms with Crippen LogP contribution in [0.25, 0.3) is 0 Å². The molecule has 2 rings (SSSR count). The summed E-state index contributed by atoms with van der Waals surface area (Å²) in [6.45, 7) is 3.88. The summed E-state index contributed by atoms with van der Waals surface area (Å²) < 4.78 is 1.91. The zero-order chi connectivity index (χ0) is 13.3. The predicted octanol–water partition coefficient (Wildman–Crippen LogP) is 1.87. The average Bonchev–Trinajstić information content (AvgIpc) is 2.63. The van der Waals surface area contributed by atoms with Gasteiger partial charge in [0.15, 0.2) is 5.16 Å². The topological polar surface area (TPSA) is 80.6 Å². The Labute approximate surface area is 110 Å². The first kappa shape index (κ1) is 12.6. The molecule has 0 aliphatic rings. The maximum atomic E-state index is 7.62. The molecule has 1 aromatic carbocycles. The second-order valence-electron chi connectivity index (χ2n) is 4.10. The van der Waals surface area contributed by atoms with E-state index >= 15 is 0 Å². The zero-order valence-electron chi connectivity index (χ0n) is 10.6. The van der Waals surface area contributed by atoms with E-state index < -0.39 is 0 Å². The number of nitrogen functional groups attached to an aromatic ring is 1. The van der Waals surface area contributed by atoms with Gasteiger partial charge in [-0.25, -0.2) is 0 Å². The van der Waals surface area contributed by atoms with Crippen LogP contribution in [-0.4, -0.2) is 20.6 Å². The Hall–Kier alpha value is -1.82. The van der Waals surface area contributed by atoms with Crippen molar-refractivity contribution >= 4 is 17.6 Å². The van der Waals surface area contributed by atoms with Crippen LogP contribution in [0.1, 0.15) is 17.0 Å². The van der Waals surface area contributed by atoms with Gasteiger partial charge in [0.1, 0.15) is 11.7 Å².